The molecule has 0 aromatic heterocycles. The van der Waals surface area contributed by atoms with Crippen LogP contribution in [0.4, 0.5) is 4.79 Å². The summed E-state index contributed by atoms with van der Waals surface area (Å²) in [6.45, 7) is 7.62. The van der Waals surface area contributed by atoms with Gasteiger partial charge in [0.05, 0.1) is 24.9 Å². The highest BCUT2D eigenvalue weighted by molar-refractivity contribution is 5.73. The molecule has 1 aliphatic heterocycles. The molecule has 0 bridgehead atoms. The van der Waals surface area contributed by atoms with Crippen LogP contribution in [0.2, 0.25) is 0 Å². The first-order valence-electron chi connectivity index (χ1n) is 14.3. The highest BCUT2D eigenvalue weighted by atomic mass is 16.7. The van der Waals surface area contributed by atoms with Crippen molar-refractivity contribution in [3.63, 3.8) is 0 Å². The Kier molecular flexibility index (Phi) is 10.9. The van der Waals surface area contributed by atoms with Crippen LogP contribution in [0.25, 0.3) is 0 Å². The minimum absolute atomic E-state index is 0.0105. The van der Waals surface area contributed by atoms with Crippen molar-refractivity contribution in [2.75, 3.05) is 20.1 Å². The van der Waals surface area contributed by atoms with Gasteiger partial charge in [-0.1, -0.05) is 85.8 Å². The Balaban J connectivity index is 1.52. The maximum Gasteiger partial charge on any atom is 0.315 e. The van der Waals surface area contributed by atoms with Crippen molar-refractivity contribution >= 4 is 6.03 Å². The van der Waals surface area contributed by atoms with E-state index in [1.807, 2.05) is 99.8 Å². The van der Waals surface area contributed by atoms with Gasteiger partial charge in [-0.05, 0) is 43.1 Å². The van der Waals surface area contributed by atoms with Gasteiger partial charge in [0.2, 0.25) is 0 Å². The second-order valence-corrected chi connectivity index (χ2v) is 10.8. The average molecular weight is 562 g/mol. The lowest BCUT2D eigenvalue weighted by Crippen LogP contribution is -2.46. The number of nitrogens with zero attached hydrogens (tertiary/aromatic N) is 1. The number of aliphatic hydroxyl groups excluding tert-OH is 2. The molecule has 41 heavy (non-hydrogen) atoms. The SMILES string of the molecule is CCNC(=O)NCc1ccc(C2OC(CN(C)C(C)C(O)c3ccccc3)C(C)C(c3ccc(CO)cc3)O2)cc1. The zero-order chi connectivity index (χ0) is 29.4. The summed E-state index contributed by atoms with van der Waals surface area (Å²) in [5.74, 6) is 0.0234. The van der Waals surface area contributed by atoms with Crippen molar-refractivity contribution in [2.24, 2.45) is 5.92 Å². The number of hydrogen-bond donors (Lipinski definition) is 4. The predicted octanol–water partition coefficient (Wildman–Crippen LogP) is 4.84. The number of carbonyl (C=O) groups is 1. The maximum atomic E-state index is 11.8. The van der Waals surface area contributed by atoms with E-state index in [9.17, 15) is 15.0 Å². The summed E-state index contributed by atoms with van der Waals surface area (Å²) in [5.41, 5.74) is 4.62. The van der Waals surface area contributed by atoms with Gasteiger partial charge in [0, 0.05) is 37.2 Å². The number of amides is 2. The molecule has 220 valence electrons. The normalized spacial score (nSPS) is 22.2. The Morgan fingerprint density at radius 1 is 0.927 bits per heavy atom. The molecule has 2 amide bonds. The first kappa shape index (κ1) is 30.7. The molecule has 3 aromatic rings. The monoisotopic (exact) mass is 561 g/mol. The number of urea groups is 1. The molecule has 1 aliphatic rings. The number of rotatable bonds is 11. The van der Waals surface area contributed by atoms with Crippen molar-refractivity contribution < 1.29 is 24.5 Å². The second kappa shape index (κ2) is 14.6. The smallest absolute Gasteiger partial charge is 0.315 e. The molecule has 4 N–H and O–H groups in total. The number of aliphatic hydroxyl groups is 2. The Morgan fingerprint density at radius 2 is 1.56 bits per heavy atom. The molecule has 1 saturated heterocycles. The Labute approximate surface area is 243 Å². The lowest BCUT2D eigenvalue weighted by molar-refractivity contribution is -0.276. The summed E-state index contributed by atoms with van der Waals surface area (Å²) < 4.78 is 13.2. The van der Waals surface area contributed by atoms with Gasteiger partial charge in [-0.25, -0.2) is 4.79 Å². The Morgan fingerprint density at radius 3 is 2.20 bits per heavy atom. The van der Waals surface area contributed by atoms with Crippen LogP contribution < -0.4 is 10.6 Å². The summed E-state index contributed by atoms with van der Waals surface area (Å²) in [5, 5.41) is 26.1. The summed E-state index contributed by atoms with van der Waals surface area (Å²) in [6.07, 6.45) is -1.62. The fourth-order valence-electron chi connectivity index (χ4n) is 5.15. The number of likely N-dealkylation sites (N-methyl/N-ethyl adjacent to an activating group) is 1. The number of ether oxygens (including phenoxy) is 2. The molecule has 1 fully saturated rings. The zero-order valence-corrected chi connectivity index (χ0v) is 24.4. The fourth-order valence-corrected chi connectivity index (χ4v) is 5.15. The largest absolute Gasteiger partial charge is 0.392 e. The molecule has 1 heterocycles. The molecule has 8 heteroatoms. The quantitative estimate of drug-likeness (QED) is 0.267. The van der Waals surface area contributed by atoms with E-state index in [-0.39, 0.29) is 36.8 Å². The minimum Gasteiger partial charge on any atom is -0.392 e. The molecule has 0 radical (unpaired) electrons. The van der Waals surface area contributed by atoms with E-state index in [0.717, 1.165) is 27.8 Å². The highest BCUT2D eigenvalue weighted by Gasteiger charge is 2.39. The topological polar surface area (TPSA) is 103 Å². The van der Waals surface area contributed by atoms with Crippen LogP contribution in [0.3, 0.4) is 0 Å². The summed E-state index contributed by atoms with van der Waals surface area (Å²) >= 11 is 0. The summed E-state index contributed by atoms with van der Waals surface area (Å²) in [6, 6.07) is 25.1. The molecule has 4 rings (SSSR count). The molecule has 0 spiro atoms. The Hall–Kier alpha value is -3.27. The molecule has 6 unspecified atom stereocenters. The number of carbonyl (C=O) groups excluding carboxylic acids is 1. The van der Waals surface area contributed by atoms with Crippen LogP contribution in [-0.4, -0.2) is 53.4 Å². The third kappa shape index (κ3) is 7.93. The third-order valence-corrected chi connectivity index (χ3v) is 7.93. The van der Waals surface area contributed by atoms with Crippen molar-refractivity contribution in [2.45, 2.75) is 64.6 Å². The molecule has 0 saturated carbocycles. The summed E-state index contributed by atoms with van der Waals surface area (Å²) in [4.78, 5) is 13.9. The van der Waals surface area contributed by atoms with Crippen molar-refractivity contribution in [3.05, 3.63) is 107 Å². The maximum absolute atomic E-state index is 11.8. The van der Waals surface area contributed by atoms with Gasteiger partial charge < -0.3 is 30.3 Å². The zero-order valence-electron chi connectivity index (χ0n) is 24.4. The standard InChI is InChI=1S/C33H43N3O5/c1-5-34-33(39)35-19-24-11-17-28(18-12-24)32-40-29(20-36(4)23(3)30(38)26-9-7-6-8-10-26)22(2)31(41-32)27-15-13-25(21-37)14-16-27/h6-18,22-23,29-32,37-38H,5,19-21H2,1-4H3,(H2,34,35,39). The van der Waals surface area contributed by atoms with Gasteiger partial charge >= 0.3 is 6.03 Å². The molecular formula is C33H43N3O5. The highest BCUT2D eigenvalue weighted by Crippen LogP contribution is 2.42. The van der Waals surface area contributed by atoms with Gasteiger partial charge in [0.15, 0.2) is 6.29 Å². The molecular weight excluding hydrogens is 518 g/mol. The summed E-state index contributed by atoms with van der Waals surface area (Å²) in [7, 11) is 2.01. The van der Waals surface area contributed by atoms with Crippen LogP contribution in [0, 0.1) is 5.92 Å². The van der Waals surface area contributed by atoms with E-state index in [1.165, 1.54) is 0 Å². The van der Waals surface area contributed by atoms with E-state index in [2.05, 4.69) is 22.5 Å². The van der Waals surface area contributed by atoms with Gasteiger partial charge in [-0.15, -0.1) is 0 Å². The molecule has 8 nitrogen and oxygen atoms in total. The first-order valence-corrected chi connectivity index (χ1v) is 14.3. The number of hydrogen-bond acceptors (Lipinski definition) is 6. The van der Waals surface area contributed by atoms with E-state index >= 15 is 0 Å². The fraction of sp³-hybridized carbons (Fsp3) is 0.424. The molecule has 0 aliphatic carbocycles. The third-order valence-electron chi connectivity index (χ3n) is 7.93. The van der Waals surface area contributed by atoms with Gasteiger partial charge in [-0.3, -0.25) is 4.90 Å². The average Bonchev–Trinajstić information content (AvgIpc) is 3.01. The Bertz CT molecular complexity index is 1220. The lowest BCUT2D eigenvalue weighted by atomic mass is 9.89. The van der Waals surface area contributed by atoms with E-state index in [4.69, 9.17) is 9.47 Å². The van der Waals surface area contributed by atoms with Gasteiger partial charge in [-0.2, -0.15) is 0 Å². The second-order valence-electron chi connectivity index (χ2n) is 10.8. The lowest BCUT2D eigenvalue weighted by Gasteiger charge is -2.43. The van der Waals surface area contributed by atoms with Gasteiger partial charge in [0.1, 0.15) is 0 Å². The van der Waals surface area contributed by atoms with Crippen molar-refractivity contribution in [1.82, 2.24) is 15.5 Å². The molecule has 6 atom stereocenters. The molecule has 3 aromatic carbocycles. The van der Waals surface area contributed by atoms with E-state index in [1.54, 1.807) is 0 Å². The van der Waals surface area contributed by atoms with Crippen LogP contribution in [0.5, 0.6) is 0 Å². The minimum atomic E-state index is -0.630. The van der Waals surface area contributed by atoms with E-state index in [0.29, 0.717) is 19.6 Å². The van der Waals surface area contributed by atoms with Crippen LogP contribution in [-0.2, 0) is 22.6 Å². The van der Waals surface area contributed by atoms with Crippen molar-refractivity contribution in [3.8, 4) is 0 Å². The number of benzene rings is 3. The van der Waals surface area contributed by atoms with E-state index < -0.39 is 12.4 Å². The van der Waals surface area contributed by atoms with Crippen molar-refractivity contribution in [1.29, 1.82) is 0 Å². The van der Waals surface area contributed by atoms with Gasteiger partial charge in [0.25, 0.3) is 0 Å². The predicted molar refractivity (Wildman–Crippen MR) is 159 cm³/mol. The van der Waals surface area contributed by atoms with Crippen LogP contribution in [0.1, 0.15) is 67.1 Å². The first-order chi connectivity index (χ1) is 19.8. The van der Waals surface area contributed by atoms with Crippen LogP contribution >= 0.6 is 0 Å². The number of nitrogens with one attached hydrogen (secondary N) is 2. The van der Waals surface area contributed by atoms with Crippen LogP contribution in [0.15, 0.2) is 78.9 Å².